The van der Waals surface area contributed by atoms with Gasteiger partial charge in [-0.05, 0) is 32.4 Å². The zero-order valence-electron chi connectivity index (χ0n) is 19.7. The molecule has 0 aliphatic rings. The number of rotatable bonds is 7. The number of allylic oxidation sites excluding steroid dienone is 1. The van der Waals surface area contributed by atoms with Gasteiger partial charge in [0.15, 0.2) is 5.41 Å². The maximum Gasteiger partial charge on any atom is 0 e. The van der Waals surface area contributed by atoms with Crippen molar-refractivity contribution in [3.05, 3.63) is 88.5 Å². The molecule has 0 N–H and O–H groups in total. The van der Waals surface area contributed by atoms with Crippen LogP contribution in [0.3, 0.4) is 0 Å². The summed E-state index contributed by atoms with van der Waals surface area (Å²) in [6.07, 6.45) is 1.65. The van der Waals surface area contributed by atoms with Crippen molar-refractivity contribution in [2.24, 2.45) is 5.41 Å². The van der Waals surface area contributed by atoms with E-state index in [4.69, 9.17) is 37.4 Å². The molecule has 0 atom stereocenters. The molecule has 0 aliphatic carbocycles. The molecule has 0 fully saturated rings. The Labute approximate surface area is 237 Å². The van der Waals surface area contributed by atoms with Crippen molar-refractivity contribution < 1.29 is 80.5 Å². The molecular weight excluding hydrogens is 578 g/mol. The van der Waals surface area contributed by atoms with Crippen LogP contribution in [0.25, 0.3) is 0 Å². The summed E-state index contributed by atoms with van der Waals surface area (Å²) in [4.78, 5) is 24.8. The largest absolute Gasteiger partial charge is 0 e. The molecule has 2 radical (unpaired) electrons. The third kappa shape index (κ3) is 27.3. The summed E-state index contributed by atoms with van der Waals surface area (Å²) in [6.45, 7) is 34.4. The SMILES string of the molecule is C=CCC(CC#Cc1ccccc1)(C(=O)OCC)C(=O)OCC.[C-]#[O+].[C-]#[O+].[C-]#[O+].[C-]#[O+].[C-]#[O+].[C-]#[O+].[Co].[Co]. The molecule has 1 rings (SSSR count). The predicted octanol–water partition coefficient (Wildman–Crippen LogP) is 2.89. The van der Waals surface area contributed by atoms with Crippen molar-refractivity contribution >= 4 is 11.9 Å². The summed E-state index contributed by atoms with van der Waals surface area (Å²) in [5.74, 6) is 4.61. The van der Waals surface area contributed by atoms with Gasteiger partial charge >= 0.3 is 79.8 Å². The van der Waals surface area contributed by atoms with E-state index < -0.39 is 17.4 Å². The number of hydrogen-bond donors (Lipinski definition) is 0. The zero-order valence-corrected chi connectivity index (χ0v) is 21.8. The van der Waals surface area contributed by atoms with Gasteiger partial charge in [0, 0.05) is 45.5 Å². The molecule has 0 amide bonds. The summed E-state index contributed by atoms with van der Waals surface area (Å²) in [7, 11) is 0. The Morgan fingerprint density at radius 1 is 0.811 bits per heavy atom. The Morgan fingerprint density at radius 2 is 1.16 bits per heavy atom. The zero-order chi connectivity index (χ0) is 29.1. The molecular formula is C25H22Co2O10. The fourth-order valence-electron chi connectivity index (χ4n) is 2.07. The topological polar surface area (TPSA) is 172 Å². The molecule has 12 heteroatoms. The van der Waals surface area contributed by atoms with Crippen LogP contribution in [0.2, 0.25) is 0 Å². The molecule has 0 unspecified atom stereocenters. The van der Waals surface area contributed by atoms with Gasteiger partial charge in [-0.1, -0.05) is 36.1 Å². The molecule has 0 heterocycles. The summed E-state index contributed by atoms with van der Waals surface area (Å²) in [6, 6.07) is 9.35. The Morgan fingerprint density at radius 3 is 1.46 bits per heavy atom. The Kier molecular flexibility index (Phi) is 73.8. The van der Waals surface area contributed by atoms with E-state index in [1.165, 1.54) is 6.08 Å². The minimum atomic E-state index is -1.46. The van der Waals surface area contributed by atoms with E-state index in [1.54, 1.807) is 13.8 Å². The molecule has 0 spiro atoms. The maximum atomic E-state index is 12.4. The van der Waals surface area contributed by atoms with Gasteiger partial charge in [-0.25, -0.2) is 0 Å². The second-order valence-electron chi connectivity index (χ2n) is 4.86. The van der Waals surface area contributed by atoms with Crippen molar-refractivity contribution in [1.82, 2.24) is 0 Å². The predicted molar refractivity (Wildman–Crippen MR) is 112 cm³/mol. The second kappa shape index (κ2) is 49.9. The van der Waals surface area contributed by atoms with E-state index in [0.717, 1.165) is 5.56 Å². The first-order valence-electron chi connectivity index (χ1n) is 8.82. The van der Waals surface area contributed by atoms with Crippen LogP contribution in [0.15, 0.2) is 43.0 Å². The number of esters is 2. The number of benzene rings is 1. The Balaban J connectivity index is -0.0000000877. The molecule has 0 bridgehead atoms. The standard InChI is InChI=1S/C19H22O4.6CO.2Co/c1-4-14-19(17(20)22-5-2,18(21)23-6-3)15-10-13-16-11-8-7-9-12-16;6*1-2;;/h4,7-9,11-12H,1,5-6,14-15H2,2-3H3;;;;;;;;. The Hall–Kier alpha value is -3.09. The van der Waals surface area contributed by atoms with Crippen LogP contribution in [0.5, 0.6) is 0 Å². The van der Waals surface area contributed by atoms with E-state index in [1.807, 2.05) is 30.3 Å². The minimum absolute atomic E-state index is 0. The molecule has 200 valence electrons. The van der Waals surface area contributed by atoms with E-state index in [0.29, 0.717) is 0 Å². The fraction of sp³-hybridized carbons (Fsp3) is 0.280. The molecule has 0 saturated carbocycles. The fourth-order valence-corrected chi connectivity index (χ4v) is 2.07. The van der Waals surface area contributed by atoms with Gasteiger partial charge in [0.2, 0.25) is 0 Å². The first-order valence-corrected chi connectivity index (χ1v) is 8.82. The van der Waals surface area contributed by atoms with Crippen LogP contribution in [0.4, 0.5) is 0 Å². The second-order valence-corrected chi connectivity index (χ2v) is 4.86. The quantitative estimate of drug-likeness (QED) is 0.117. The summed E-state index contributed by atoms with van der Waals surface area (Å²) < 4.78 is 55.1. The van der Waals surface area contributed by atoms with Crippen molar-refractivity contribution in [1.29, 1.82) is 0 Å². The number of hydrogen-bond acceptors (Lipinski definition) is 4. The number of carbonyl (C=O) groups is 2. The monoisotopic (exact) mass is 600 g/mol. The maximum absolute atomic E-state index is 12.4. The van der Waals surface area contributed by atoms with E-state index in [9.17, 15) is 9.59 Å². The van der Waals surface area contributed by atoms with Gasteiger partial charge in [-0.3, -0.25) is 9.59 Å². The molecule has 37 heavy (non-hydrogen) atoms. The van der Waals surface area contributed by atoms with E-state index >= 15 is 0 Å². The molecule has 0 aromatic heterocycles. The molecule has 10 nitrogen and oxygen atoms in total. The average molecular weight is 600 g/mol. The summed E-state index contributed by atoms with van der Waals surface area (Å²) in [5.41, 5.74) is -0.650. The van der Waals surface area contributed by atoms with Crippen LogP contribution in [-0.4, -0.2) is 25.2 Å². The van der Waals surface area contributed by atoms with E-state index in [-0.39, 0.29) is 59.6 Å². The Bertz CT molecular complexity index is 793. The summed E-state index contributed by atoms with van der Waals surface area (Å²) >= 11 is 0. The van der Waals surface area contributed by atoms with Gasteiger partial charge in [-0.15, -0.1) is 6.58 Å². The van der Waals surface area contributed by atoms with Crippen molar-refractivity contribution in [3.8, 4) is 11.8 Å². The summed E-state index contributed by atoms with van der Waals surface area (Å²) in [5, 5.41) is 0. The molecule has 0 saturated heterocycles. The van der Waals surface area contributed by atoms with Crippen LogP contribution < -0.4 is 0 Å². The van der Waals surface area contributed by atoms with Gasteiger partial charge in [0.25, 0.3) is 0 Å². The number of ether oxygens (including phenoxy) is 2. The average Bonchev–Trinajstić information content (AvgIpc) is 2.95. The van der Waals surface area contributed by atoms with Crippen LogP contribution in [0, 0.1) is 57.2 Å². The van der Waals surface area contributed by atoms with Gasteiger partial charge < -0.3 is 9.47 Å². The third-order valence-electron chi connectivity index (χ3n) is 3.22. The van der Waals surface area contributed by atoms with Crippen molar-refractivity contribution in [3.63, 3.8) is 0 Å². The first kappa shape index (κ1) is 54.7. The van der Waals surface area contributed by atoms with Gasteiger partial charge in [0.1, 0.15) is 0 Å². The molecule has 1 aromatic carbocycles. The smallest absolute Gasteiger partial charge is 0 e. The van der Waals surface area contributed by atoms with Crippen molar-refractivity contribution in [2.75, 3.05) is 13.2 Å². The normalized spacial score (nSPS) is 6.65. The van der Waals surface area contributed by atoms with Gasteiger partial charge in [0.05, 0.1) is 13.2 Å². The first-order chi connectivity index (χ1) is 17.1. The van der Waals surface area contributed by atoms with Crippen molar-refractivity contribution in [2.45, 2.75) is 26.7 Å². The number of carbonyl (C=O) groups excluding carboxylic acids is 2. The van der Waals surface area contributed by atoms with Crippen LogP contribution in [-0.2, 0) is 80.5 Å². The van der Waals surface area contributed by atoms with E-state index in [2.05, 4.69) is 58.3 Å². The minimum Gasteiger partial charge on any atom is 0 e. The molecule has 0 aliphatic heterocycles. The van der Waals surface area contributed by atoms with Crippen LogP contribution in [0.1, 0.15) is 32.3 Å². The van der Waals surface area contributed by atoms with Gasteiger partial charge in [-0.2, -0.15) is 0 Å². The van der Waals surface area contributed by atoms with Crippen LogP contribution >= 0.6 is 0 Å². The third-order valence-corrected chi connectivity index (χ3v) is 3.22. The molecule has 1 aromatic rings.